The van der Waals surface area contributed by atoms with Crippen LogP contribution in [0.15, 0.2) is 58.4 Å². The molecule has 1 saturated heterocycles. The van der Waals surface area contributed by atoms with E-state index in [1.54, 1.807) is 19.3 Å². The highest BCUT2D eigenvalue weighted by molar-refractivity contribution is 5.95. The van der Waals surface area contributed by atoms with E-state index in [1.165, 1.54) is 30.5 Å². The van der Waals surface area contributed by atoms with Crippen molar-refractivity contribution < 1.29 is 28.4 Å². The van der Waals surface area contributed by atoms with Crippen LogP contribution in [0.3, 0.4) is 0 Å². The molecule has 4 rings (SSSR count). The van der Waals surface area contributed by atoms with Gasteiger partial charge >= 0.3 is 11.9 Å². The fourth-order valence-electron chi connectivity index (χ4n) is 4.29. The van der Waals surface area contributed by atoms with Gasteiger partial charge in [0.1, 0.15) is 12.2 Å². The molecule has 1 aliphatic carbocycles. The van der Waals surface area contributed by atoms with Gasteiger partial charge in [-0.1, -0.05) is 13.0 Å². The van der Waals surface area contributed by atoms with Crippen molar-refractivity contribution in [1.29, 1.82) is 0 Å². The second-order valence-electron chi connectivity index (χ2n) is 7.56. The Kier molecular flexibility index (Phi) is 4.49. The average Bonchev–Trinajstić information content (AvgIpc) is 3.30. The Hall–Kier alpha value is -3.42. The highest BCUT2D eigenvalue weighted by atomic mass is 16.6. The predicted octanol–water partition coefficient (Wildman–Crippen LogP) is 4.13. The van der Waals surface area contributed by atoms with Gasteiger partial charge in [-0.2, -0.15) is 0 Å². The molecule has 2 heterocycles. The molecule has 0 bridgehead atoms. The lowest BCUT2D eigenvalue weighted by molar-refractivity contribution is -0.384. The van der Waals surface area contributed by atoms with Crippen molar-refractivity contribution in [3.05, 3.63) is 75.2 Å². The number of hydrogen-bond donors (Lipinski definition) is 0. The van der Waals surface area contributed by atoms with E-state index in [-0.39, 0.29) is 11.3 Å². The first-order chi connectivity index (χ1) is 13.8. The van der Waals surface area contributed by atoms with Crippen LogP contribution in [0.4, 0.5) is 5.69 Å². The standard InChI is InChI=1S/C21H19NO7/c1-12-16(28-19(23)13-4-3-5-15(10-13)22(25)26)6-8-21(2)17(12)20(24)29-18(21)14-7-9-27-11-14/h3-5,7,9-11,16,18H,6,8H2,1-2H3/t16-,18+,21-/m1/s1. The number of rotatable bonds is 4. The van der Waals surface area contributed by atoms with Crippen molar-refractivity contribution in [2.45, 2.75) is 38.9 Å². The Morgan fingerprint density at radius 1 is 1.34 bits per heavy atom. The molecule has 1 aromatic carbocycles. The topological polar surface area (TPSA) is 109 Å². The van der Waals surface area contributed by atoms with Gasteiger partial charge in [0.05, 0.1) is 23.0 Å². The summed E-state index contributed by atoms with van der Waals surface area (Å²) in [4.78, 5) is 35.5. The molecular formula is C21H19NO7. The van der Waals surface area contributed by atoms with Gasteiger partial charge in [-0.05, 0) is 37.5 Å². The number of nitro groups is 1. The van der Waals surface area contributed by atoms with Crippen LogP contribution in [-0.2, 0) is 14.3 Å². The molecule has 1 aromatic heterocycles. The van der Waals surface area contributed by atoms with Gasteiger partial charge in [0, 0.05) is 28.7 Å². The summed E-state index contributed by atoms with van der Waals surface area (Å²) < 4.78 is 16.4. The summed E-state index contributed by atoms with van der Waals surface area (Å²) in [5, 5.41) is 10.9. The number of ether oxygens (including phenoxy) is 2. The minimum Gasteiger partial charge on any atom is -0.472 e. The molecule has 0 unspecified atom stereocenters. The maximum Gasteiger partial charge on any atom is 0.338 e. The quantitative estimate of drug-likeness (QED) is 0.433. The first-order valence-corrected chi connectivity index (χ1v) is 9.21. The number of cyclic esters (lactones) is 1. The van der Waals surface area contributed by atoms with E-state index < -0.39 is 34.5 Å². The minimum absolute atomic E-state index is 0.0932. The fraction of sp³-hybridized carbons (Fsp3) is 0.333. The number of carbonyl (C=O) groups excluding carboxylic acids is 2. The maximum absolute atomic E-state index is 12.6. The molecule has 8 heteroatoms. The number of furan rings is 1. The molecule has 0 saturated carbocycles. The van der Waals surface area contributed by atoms with Crippen LogP contribution in [0.25, 0.3) is 0 Å². The lowest BCUT2D eigenvalue weighted by atomic mass is 9.67. The van der Waals surface area contributed by atoms with Crippen molar-refractivity contribution in [2.75, 3.05) is 0 Å². The Morgan fingerprint density at radius 3 is 2.83 bits per heavy atom. The molecule has 0 spiro atoms. The maximum atomic E-state index is 12.6. The zero-order chi connectivity index (χ0) is 20.8. The van der Waals surface area contributed by atoms with Crippen LogP contribution in [0.5, 0.6) is 0 Å². The van der Waals surface area contributed by atoms with Crippen molar-refractivity contribution in [1.82, 2.24) is 0 Å². The van der Waals surface area contributed by atoms with Crippen LogP contribution in [0.2, 0.25) is 0 Å². The highest BCUT2D eigenvalue weighted by Crippen LogP contribution is 2.56. The number of carbonyl (C=O) groups is 2. The van der Waals surface area contributed by atoms with E-state index in [0.29, 0.717) is 24.0 Å². The lowest BCUT2D eigenvalue weighted by Gasteiger charge is -2.36. The van der Waals surface area contributed by atoms with E-state index in [4.69, 9.17) is 13.9 Å². The molecule has 0 radical (unpaired) electrons. The Bertz CT molecular complexity index is 1020. The third-order valence-corrected chi connectivity index (χ3v) is 5.77. The van der Waals surface area contributed by atoms with Gasteiger partial charge in [-0.25, -0.2) is 9.59 Å². The van der Waals surface area contributed by atoms with E-state index in [2.05, 4.69) is 0 Å². The van der Waals surface area contributed by atoms with Gasteiger partial charge in [0.25, 0.3) is 5.69 Å². The molecule has 1 aliphatic heterocycles. The molecule has 29 heavy (non-hydrogen) atoms. The number of nitro benzene ring substituents is 1. The summed E-state index contributed by atoms with van der Waals surface area (Å²) in [6, 6.07) is 7.15. The van der Waals surface area contributed by atoms with Gasteiger partial charge < -0.3 is 13.9 Å². The summed E-state index contributed by atoms with van der Waals surface area (Å²) in [5.74, 6) is -1.09. The molecule has 3 atom stereocenters. The van der Waals surface area contributed by atoms with Gasteiger partial charge in [-0.3, -0.25) is 10.1 Å². The molecule has 1 fully saturated rings. The normalized spacial score (nSPS) is 26.1. The Labute approximate surface area is 166 Å². The van der Waals surface area contributed by atoms with Crippen LogP contribution in [-0.4, -0.2) is 23.0 Å². The zero-order valence-corrected chi connectivity index (χ0v) is 15.9. The largest absolute Gasteiger partial charge is 0.472 e. The smallest absolute Gasteiger partial charge is 0.338 e. The summed E-state index contributed by atoms with van der Waals surface area (Å²) in [6.45, 7) is 3.73. The van der Waals surface area contributed by atoms with Gasteiger partial charge in [0.15, 0.2) is 0 Å². The molecular weight excluding hydrogens is 378 g/mol. The van der Waals surface area contributed by atoms with Gasteiger partial charge in [0.2, 0.25) is 0 Å². The Morgan fingerprint density at radius 2 is 2.14 bits per heavy atom. The first kappa shape index (κ1) is 18.9. The molecule has 8 nitrogen and oxygen atoms in total. The second kappa shape index (κ2) is 6.88. The number of fused-ring (bicyclic) bond motifs is 1. The molecule has 0 amide bonds. The second-order valence-corrected chi connectivity index (χ2v) is 7.56. The van der Waals surface area contributed by atoms with Crippen molar-refractivity contribution in [3.8, 4) is 0 Å². The van der Waals surface area contributed by atoms with E-state index in [9.17, 15) is 19.7 Å². The van der Waals surface area contributed by atoms with Crippen molar-refractivity contribution in [3.63, 3.8) is 0 Å². The summed E-state index contributed by atoms with van der Waals surface area (Å²) in [5.41, 5.74) is 1.32. The monoisotopic (exact) mass is 397 g/mol. The third-order valence-electron chi connectivity index (χ3n) is 5.77. The molecule has 2 aliphatic rings. The number of esters is 2. The van der Waals surface area contributed by atoms with E-state index in [0.717, 1.165) is 5.56 Å². The van der Waals surface area contributed by atoms with Gasteiger partial charge in [-0.15, -0.1) is 0 Å². The summed E-state index contributed by atoms with van der Waals surface area (Å²) in [7, 11) is 0. The van der Waals surface area contributed by atoms with E-state index >= 15 is 0 Å². The van der Waals surface area contributed by atoms with Crippen LogP contribution in [0.1, 0.15) is 48.7 Å². The van der Waals surface area contributed by atoms with Crippen molar-refractivity contribution >= 4 is 17.6 Å². The third kappa shape index (κ3) is 3.10. The summed E-state index contributed by atoms with van der Waals surface area (Å²) >= 11 is 0. The van der Waals surface area contributed by atoms with Crippen LogP contribution >= 0.6 is 0 Å². The minimum atomic E-state index is -0.667. The first-order valence-electron chi connectivity index (χ1n) is 9.21. The Balaban J connectivity index is 1.60. The number of benzene rings is 1. The molecule has 2 aromatic rings. The highest BCUT2D eigenvalue weighted by Gasteiger charge is 2.54. The molecule has 150 valence electrons. The lowest BCUT2D eigenvalue weighted by Crippen LogP contribution is -2.34. The number of non-ortho nitro benzene ring substituents is 1. The average molecular weight is 397 g/mol. The number of hydrogen-bond acceptors (Lipinski definition) is 7. The SMILES string of the molecule is CC1=C2C(=O)O[C@@H](c3ccoc3)[C@]2(C)CC[C@H]1OC(=O)c1cccc([N+](=O)[O-])c1. The predicted molar refractivity (Wildman–Crippen MR) is 99.9 cm³/mol. The van der Waals surface area contributed by atoms with E-state index in [1.807, 2.05) is 6.92 Å². The fourth-order valence-corrected chi connectivity index (χ4v) is 4.29. The zero-order valence-electron chi connectivity index (χ0n) is 15.9. The van der Waals surface area contributed by atoms with Crippen molar-refractivity contribution in [2.24, 2.45) is 5.41 Å². The molecule has 0 N–H and O–H groups in total. The van der Waals surface area contributed by atoms with Crippen LogP contribution < -0.4 is 0 Å². The summed E-state index contributed by atoms with van der Waals surface area (Å²) in [6.07, 6.45) is 3.14. The number of nitrogens with zero attached hydrogens (tertiary/aromatic N) is 1. The van der Waals surface area contributed by atoms with Crippen LogP contribution in [0, 0.1) is 15.5 Å².